The fraction of sp³-hybridized carbons (Fsp3) is 0.375. The Hall–Kier alpha value is -3.60. The van der Waals surface area contributed by atoms with Crippen LogP contribution in [0.2, 0.25) is 0 Å². The lowest BCUT2D eigenvalue weighted by Crippen LogP contribution is -2.54. The molecule has 5 nitrogen and oxygen atoms in total. The number of hydrogen-bond acceptors (Lipinski definition) is 3. The number of carbonyl (C=O) groups is 1. The quantitative estimate of drug-likeness (QED) is 0.336. The first-order chi connectivity index (χ1) is 18.9. The maximum absolute atomic E-state index is 13.7. The molecule has 0 spiro atoms. The highest BCUT2D eigenvalue weighted by Gasteiger charge is 2.41. The van der Waals surface area contributed by atoms with E-state index in [0.29, 0.717) is 11.7 Å². The molecule has 2 fully saturated rings. The van der Waals surface area contributed by atoms with Crippen molar-refractivity contribution in [3.05, 3.63) is 95.3 Å². The van der Waals surface area contributed by atoms with Crippen LogP contribution in [0.3, 0.4) is 0 Å². The van der Waals surface area contributed by atoms with Crippen LogP contribution in [-0.4, -0.2) is 48.4 Å². The summed E-state index contributed by atoms with van der Waals surface area (Å²) in [6.07, 6.45) is 6.87. The first-order valence-electron chi connectivity index (χ1n) is 13.7. The Morgan fingerprint density at radius 1 is 1.00 bits per heavy atom. The number of amides is 1. The van der Waals surface area contributed by atoms with E-state index in [1.54, 1.807) is 6.07 Å². The van der Waals surface area contributed by atoms with Crippen LogP contribution < -0.4 is 5.32 Å². The van der Waals surface area contributed by atoms with Gasteiger partial charge in [0.15, 0.2) is 5.69 Å². The van der Waals surface area contributed by atoms with Gasteiger partial charge in [0.1, 0.15) is 11.6 Å². The van der Waals surface area contributed by atoms with Crippen LogP contribution in [0.4, 0.5) is 20.2 Å². The summed E-state index contributed by atoms with van der Waals surface area (Å²) in [6, 6.07) is 19.7. The molecule has 3 aromatic rings. The Bertz CT molecular complexity index is 1330. The molecule has 0 atom stereocenters. The number of anilines is 1. The molecule has 1 heterocycles. The van der Waals surface area contributed by atoms with Gasteiger partial charge < -0.3 is 10.2 Å². The Labute approximate surface area is 229 Å². The fourth-order valence-corrected chi connectivity index (χ4v) is 6.34. The van der Waals surface area contributed by atoms with Crippen LogP contribution in [0.1, 0.15) is 44.1 Å². The lowest BCUT2D eigenvalue weighted by Gasteiger charge is -2.49. The van der Waals surface area contributed by atoms with Crippen molar-refractivity contribution in [2.75, 3.05) is 32.0 Å². The molecule has 3 aromatic carbocycles. The molecule has 0 bridgehead atoms. The summed E-state index contributed by atoms with van der Waals surface area (Å²) in [7, 11) is 1.96. The number of hydrogen-bond donors (Lipinski definition) is 1. The summed E-state index contributed by atoms with van der Waals surface area (Å²) < 4.78 is 27.3. The molecule has 1 saturated heterocycles. The molecule has 7 heteroatoms. The smallest absolute Gasteiger partial charge is 0.238 e. The van der Waals surface area contributed by atoms with Gasteiger partial charge in [0.2, 0.25) is 5.91 Å². The molecule has 202 valence electrons. The van der Waals surface area contributed by atoms with Gasteiger partial charge in [-0.05, 0) is 67.6 Å². The summed E-state index contributed by atoms with van der Waals surface area (Å²) in [5.74, 6) is -1.76. The average Bonchev–Trinajstić information content (AvgIpc) is 3.48. The van der Waals surface area contributed by atoms with Crippen molar-refractivity contribution in [2.45, 2.75) is 50.1 Å². The number of likely N-dealkylation sites (N-methyl/N-ethyl adjacent to an activating group) is 1. The molecule has 1 amide bonds. The molecule has 1 saturated carbocycles. The van der Waals surface area contributed by atoms with E-state index in [0.717, 1.165) is 60.8 Å². The van der Waals surface area contributed by atoms with Crippen molar-refractivity contribution < 1.29 is 13.6 Å². The first kappa shape index (κ1) is 27.0. The second-order valence-corrected chi connectivity index (χ2v) is 10.8. The van der Waals surface area contributed by atoms with Crippen LogP contribution in [0, 0.1) is 18.2 Å². The van der Waals surface area contributed by atoms with Gasteiger partial charge in [-0.25, -0.2) is 13.6 Å². The molecule has 39 heavy (non-hydrogen) atoms. The molecular formula is C32H34F2N4O. The van der Waals surface area contributed by atoms with Crippen molar-refractivity contribution in [1.29, 1.82) is 0 Å². The van der Waals surface area contributed by atoms with Crippen molar-refractivity contribution in [3.63, 3.8) is 0 Å². The van der Waals surface area contributed by atoms with Gasteiger partial charge >= 0.3 is 0 Å². The third-order valence-electron chi connectivity index (χ3n) is 8.45. The number of piperidine rings is 1. The molecule has 0 aromatic heterocycles. The zero-order chi connectivity index (χ0) is 27.4. The van der Waals surface area contributed by atoms with Gasteiger partial charge in [-0.1, -0.05) is 55.3 Å². The van der Waals surface area contributed by atoms with Gasteiger partial charge in [-0.2, -0.15) is 0 Å². The molecule has 0 radical (unpaired) electrons. The normalized spacial score (nSPS) is 17.7. The van der Waals surface area contributed by atoms with Crippen molar-refractivity contribution in [2.24, 2.45) is 0 Å². The van der Waals surface area contributed by atoms with Gasteiger partial charge in [0.05, 0.1) is 13.1 Å². The van der Waals surface area contributed by atoms with Crippen molar-refractivity contribution >= 4 is 17.3 Å². The fourth-order valence-electron chi connectivity index (χ4n) is 6.34. The Balaban J connectivity index is 1.38. The molecular weight excluding hydrogens is 494 g/mol. The Kier molecular flexibility index (Phi) is 8.06. The first-order valence-corrected chi connectivity index (χ1v) is 13.7. The summed E-state index contributed by atoms with van der Waals surface area (Å²) in [5.41, 5.74) is 3.55. The molecule has 1 N–H and O–H groups in total. The highest BCUT2D eigenvalue weighted by atomic mass is 19.1. The number of nitrogens with one attached hydrogen (secondary N) is 1. The molecule has 2 aliphatic rings. The Morgan fingerprint density at radius 2 is 1.67 bits per heavy atom. The minimum absolute atomic E-state index is 0.0936. The van der Waals surface area contributed by atoms with E-state index in [-0.39, 0.29) is 23.7 Å². The van der Waals surface area contributed by atoms with E-state index >= 15 is 0 Å². The van der Waals surface area contributed by atoms with Gasteiger partial charge in [0, 0.05) is 36.4 Å². The third kappa shape index (κ3) is 6.03. The Morgan fingerprint density at radius 3 is 2.31 bits per heavy atom. The number of likely N-dealkylation sites (tertiary alicyclic amines) is 1. The summed E-state index contributed by atoms with van der Waals surface area (Å²) in [6.45, 7) is 9.33. The number of carbonyl (C=O) groups excluding carboxylic acids is 1. The summed E-state index contributed by atoms with van der Waals surface area (Å²) in [4.78, 5) is 21.3. The highest BCUT2D eigenvalue weighted by Crippen LogP contribution is 2.41. The lowest BCUT2D eigenvalue weighted by atomic mass is 9.78. The molecule has 1 aliphatic carbocycles. The molecule has 1 aliphatic heterocycles. The molecule has 0 unspecified atom stereocenters. The SMILES string of the molecule is [C-]#[N+]c1cccc(-c2ccc(C3(N(C)CC(=O)Nc4cc(F)cc(F)c4)CCN(C4CCCC4)CC3)cc2)c1. The maximum atomic E-state index is 13.7. The maximum Gasteiger partial charge on any atom is 0.238 e. The highest BCUT2D eigenvalue weighted by molar-refractivity contribution is 5.92. The van der Waals surface area contributed by atoms with Crippen LogP contribution in [0.5, 0.6) is 0 Å². The van der Waals surface area contributed by atoms with Gasteiger partial charge in [-0.15, -0.1) is 0 Å². The van der Waals surface area contributed by atoms with E-state index in [9.17, 15) is 13.6 Å². The summed E-state index contributed by atoms with van der Waals surface area (Å²) >= 11 is 0. The van der Waals surface area contributed by atoms with Gasteiger partial charge in [0.25, 0.3) is 0 Å². The van der Waals surface area contributed by atoms with E-state index in [4.69, 9.17) is 6.57 Å². The van der Waals surface area contributed by atoms with E-state index < -0.39 is 11.6 Å². The van der Waals surface area contributed by atoms with Gasteiger partial charge in [-0.3, -0.25) is 9.69 Å². The number of halogens is 2. The number of nitrogens with zero attached hydrogens (tertiary/aromatic N) is 3. The topological polar surface area (TPSA) is 39.9 Å². The van der Waals surface area contributed by atoms with Crippen LogP contribution in [0.15, 0.2) is 66.7 Å². The van der Waals surface area contributed by atoms with Crippen LogP contribution in [0.25, 0.3) is 16.0 Å². The molecule has 5 rings (SSSR count). The van der Waals surface area contributed by atoms with Crippen LogP contribution in [-0.2, 0) is 10.3 Å². The van der Waals surface area contributed by atoms with Crippen molar-refractivity contribution in [1.82, 2.24) is 9.80 Å². The summed E-state index contributed by atoms with van der Waals surface area (Å²) in [5, 5.41) is 2.66. The minimum Gasteiger partial charge on any atom is -0.325 e. The zero-order valence-corrected chi connectivity index (χ0v) is 22.3. The predicted molar refractivity (Wildman–Crippen MR) is 150 cm³/mol. The number of benzene rings is 3. The van der Waals surface area contributed by atoms with Crippen LogP contribution >= 0.6 is 0 Å². The minimum atomic E-state index is -0.726. The number of rotatable bonds is 7. The van der Waals surface area contributed by atoms with Crippen molar-refractivity contribution in [3.8, 4) is 11.1 Å². The lowest BCUT2D eigenvalue weighted by molar-refractivity contribution is -0.119. The standard InChI is InChI=1S/C32H34F2N4O/c1-35-28-7-5-6-24(18-28)23-10-12-25(13-11-23)32(14-16-38(17-15-32)30-8-3-4-9-30)37(2)22-31(39)36-29-20-26(33)19-27(34)21-29/h5-7,10-13,18-21,30H,3-4,8-9,14-17,22H2,2H3,(H,36,39). The second-order valence-electron chi connectivity index (χ2n) is 10.8. The second kappa shape index (κ2) is 11.6. The largest absolute Gasteiger partial charge is 0.325 e. The predicted octanol–water partition coefficient (Wildman–Crippen LogP) is 6.99. The average molecular weight is 529 g/mol. The monoisotopic (exact) mass is 528 g/mol. The zero-order valence-electron chi connectivity index (χ0n) is 22.3. The van der Waals surface area contributed by atoms with E-state index in [1.165, 1.54) is 25.7 Å². The van der Waals surface area contributed by atoms with E-state index in [2.05, 4.69) is 44.2 Å². The third-order valence-corrected chi connectivity index (χ3v) is 8.45. The van der Waals surface area contributed by atoms with E-state index in [1.807, 2.05) is 25.2 Å².